The molecular weight excluding hydrogens is 243 g/mol. The molecular formula is C5H16N3O3P3. The summed E-state index contributed by atoms with van der Waals surface area (Å²) in [5.41, 5.74) is 0. The molecule has 2 N–H and O–H groups in total. The lowest BCUT2D eigenvalue weighted by Crippen LogP contribution is -2.27. The molecule has 0 aromatic heterocycles. The van der Waals surface area contributed by atoms with E-state index in [-0.39, 0.29) is 12.6 Å². The van der Waals surface area contributed by atoms with Gasteiger partial charge in [0.15, 0.2) is 12.6 Å². The fraction of sp³-hybridized carbons (Fsp3) is 1.00. The van der Waals surface area contributed by atoms with E-state index in [0.29, 0.717) is 26.6 Å². The molecule has 1 aliphatic heterocycles. The first-order valence-corrected chi connectivity index (χ1v) is 7.03. The van der Waals surface area contributed by atoms with Crippen LogP contribution in [0.3, 0.4) is 0 Å². The van der Waals surface area contributed by atoms with Crippen molar-refractivity contribution in [3.8, 4) is 0 Å². The highest BCUT2D eigenvalue weighted by atomic mass is 31.2. The maximum Gasteiger partial charge on any atom is 0.178 e. The Balaban J connectivity index is 2.14. The molecule has 9 heteroatoms. The molecule has 1 aliphatic rings. The summed E-state index contributed by atoms with van der Waals surface area (Å²) >= 11 is 0. The Kier molecular flexibility index (Phi) is 6.88. The second-order valence-corrected chi connectivity index (χ2v) is 6.46. The zero-order valence-electron chi connectivity index (χ0n) is 8.33. The van der Waals surface area contributed by atoms with Crippen LogP contribution in [0.5, 0.6) is 0 Å². The predicted molar refractivity (Wildman–Crippen MR) is 61.2 cm³/mol. The summed E-state index contributed by atoms with van der Waals surface area (Å²) in [6.45, 7) is 3.68. The van der Waals surface area contributed by atoms with E-state index in [0.717, 1.165) is 0 Å². The van der Waals surface area contributed by atoms with Crippen LogP contribution in [0.15, 0.2) is 0 Å². The fourth-order valence-corrected chi connectivity index (χ4v) is 4.47. The smallest absolute Gasteiger partial charge is 0.178 e. The molecule has 0 aromatic carbocycles. The Bertz CT molecular complexity index is 160. The van der Waals surface area contributed by atoms with E-state index in [2.05, 4.69) is 9.72 Å². The average molecular weight is 259 g/mol. The maximum atomic E-state index is 5.50. The first-order valence-electron chi connectivity index (χ1n) is 4.14. The number of hydrogen-bond donors (Lipinski definition) is 2. The highest BCUT2D eigenvalue weighted by molar-refractivity contribution is 7.65. The van der Waals surface area contributed by atoms with Crippen molar-refractivity contribution >= 4 is 26.6 Å². The van der Waals surface area contributed by atoms with Crippen LogP contribution in [0.2, 0.25) is 0 Å². The van der Waals surface area contributed by atoms with Gasteiger partial charge in [0.2, 0.25) is 0 Å². The molecule has 1 saturated heterocycles. The van der Waals surface area contributed by atoms with E-state index in [1.807, 2.05) is 18.5 Å². The van der Waals surface area contributed by atoms with Crippen LogP contribution in [-0.2, 0) is 14.3 Å². The van der Waals surface area contributed by atoms with Crippen LogP contribution in [0, 0.1) is 0 Å². The third-order valence-corrected chi connectivity index (χ3v) is 4.59. The Hall–Kier alpha value is 1.05. The highest BCUT2D eigenvalue weighted by Gasteiger charge is 2.15. The molecule has 4 unspecified atom stereocenters. The minimum atomic E-state index is -0.296. The average Bonchev–Trinajstić information content (AvgIpc) is 2.19. The third kappa shape index (κ3) is 5.22. The fourth-order valence-electron chi connectivity index (χ4n) is 0.768. The number of nitrogens with zero attached hydrogens (tertiary/aromatic N) is 1. The first kappa shape index (κ1) is 13.1. The van der Waals surface area contributed by atoms with Gasteiger partial charge in [-0.1, -0.05) is 0 Å². The van der Waals surface area contributed by atoms with Crippen molar-refractivity contribution in [1.29, 1.82) is 0 Å². The van der Waals surface area contributed by atoms with E-state index in [9.17, 15) is 0 Å². The predicted octanol–water partition coefficient (Wildman–Crippen LogP) is 1.29. The van der Waals surface area contributed by atoms with E-state index in [1.54, 1.807) is 7.11 Å². The van der Waals surface area contributed by atoms with E-state index in [1.165, 1.54) is 0 Å². The van der Waals surface area contributed by atoms with Gasteiger partial charge in [-0.3, -0.25) is 14.6 Å². The normalized spacial score (nSPS) is 28.5. The molecule has 0 saturated carbocycles. The Morgan fingerprint density at radius 3 is 2.36 bits per heavy atom. The second-order valence-electron chi connectivity index (χ2n) is 2.51. The second kappa shape index (κ2) is 7.34. The Morgan fingerprint density at radius 1 is 1.14 bits per heavy atom. The molecule has 0 aliphatic carbocycles. The number of hydrogen-bond acceptors (Lipinski definition) is 6. The van der Waals surface area contributed by atoms with Crippen molar-refractivity contribution in [2.24, 2.45) is 0 Å². The molecule has 0 aromatic rings. The summed E-state index contributed by atoms with van der Waals surface area (Å²) in [6.07, 6.45) is -0.542. The summed E-state index contributed by atoms with van der Waals surface area (Å²) in [6, 6.07) is 0. The molecule has 84 valence electrons. The van der Waals surface area contributed by atoms with Crippen LogP contribution in [0.1, 0.15) is 13.8 Å². The van der Waals surface area contributed by atoms with Gasteiger partial charge in [-0.05, 0) is 13.8 Å². The topological polar surface area (TPSA) is 55.0 Å². The van der Waals surface area contributed by atoms with E-state index < -0.39 is 0 Å². The van der Waals surface area contributed by atoms with Crippen molar-refractivity contribution in [2.75, 3.05) is 7.11 Å². The highest BCUT2D eigenvalue weighted by Crippen LogP contribution is 2.37. The van der Waals surface area contributed by atoms with Gasteiger partial charge in [0.05, 0.1) is 17.8 Å². The monoisotopic (exact) mass is 259 g/mol. The van der Waals surface area contributed by atoms with Crippen LogP contribution < -0.4 is 9.72 Å². The van der Waals surface area contributed by atoms with Crippen LogP contribution in [0.25, 0.3) is 0 Å². The summed E-state index contributed by atoms with van der Waals surface area (Å²) in [5.74, 6) is 0. The van der Waals surface area contributed by atoms with Crippen molar-refractivity contribution in [2.45, 2.75) is 26.4 Å². The molecule has 6 nitrogen and oxygen atoms in total. The van der Waals surface area contributed by atoms with Crippen molar-refractivity contribution < 1.29 is 14.3 Å². The molecule has 14 heavy (non-hydrogen) atoms. The zero-order valence-corrected chi connectivity index (χ0v) is 11.3. The lowest BCUT2D eigenvalue weighted by atomic mass is 10.7. The molecule has 1 fully saturated rings. The largest absolute Gasteiger partial charge is 0.356 e. The Morgan fingerprint density at radius 2 is 1.79 bits per heavy atom. The Labute approximate surface area is 89.4 Å². The van der Waals surface area contributed by atoms with E-state index in [4.69, 9.17) is 14.3 Å². The van der Waals surface area contributed by atoms with Gasteiger partial charge in [0.25, 0.3) is 0 Å². The third-order valence-electron chi connectivity index (χ3n) is 1.41. The van der Waals surface area contributed by atoms with Crippen molar-refractivity contribution in [3.05, 3.63) is 0 Å². The van der Waals surface area contributed by atoms with Gasteiger partial charge in [-0.15, -0.1) is 4.60 Å². The minimum Gasteiger partial charge on any atom is -0.356 e. The SMILES string of the molecule is COC(C)OC(C)ON1PNPNP1. The lowest BCUT2D eigenvalue weighted by molar-refractivity contribution is -0.258. The van der Waals surface area contributed by atoms with Gasteiger partial charge >= 0.3 is 0 Å². The molecule has 1 heterocycles. The van der Waals surface area contributed by atoms with Crippen molar-refractivity contribution in [3.63, 3.8) is 0 Å². The van der Waals surface area contributed by atoms with Crippen LogP contribution in [-0.4, -0.2) is 24.3 Å². The number of nitrogens with one attached hydrogen (secondary N) is 2. The van der Waals surface area contributed by atoms with E-state index >= 15 is 0 Å². The molecule has 1 rings (SSSR count). The minimum absolute atomic E-state index is 0.246. The van der Waals surface area contributed by atoms with Gasteiger partial charge in [-0.25, -0.2) is 0 Å². The zero-order chi connectivity index (χ0) is 10.4. The van der Waals surface area contributed by atoms with Crippen LogP contribution >= 0.6 is 26.6 Å². The number of ether oxygens (including phenoxy) is 2. The van der Waals surface area contributed by atoms with Crippen LogP contribution in [0.4, 0.5) is 0 Å². The maximum absolute atomic E-state index is 5.50. The standard InChI is InChI=1S/C5H16N3O3P3/c1-4(9-3)10-5(2)11-8-13-6-12-7-14-8/h4-7,12-14H,1-3H3. The molecule has 0 bridgehead atoms. The number of rotatable bonds is 5. The lowest BCUT2D eigenvalue weighted by Gasteiger charge is -2.29. The van der Waals surface area contributed by atoms with Gasteiger partial charge < -0.3 is 9.47 Å². The summed E-state index contributed by atoms with van der Waals surface area (Å²) < 4.78 is 12.2. The summed E-state index contributed by atoms with van der Waals surface area (Å²) in [5, 5.41) is 0. The van der Waals surface area contributed by atoms with Gasteiger partial charge in [-0.2, -0.15) is 0 Å². The molecule has 0 amide bonds. The summed E-state index contributed by atoms with van der Waals surface area (Å²) in [4.78, 5) is 11.8. The first-order chi connectivity index (χ1) is 6.72. The van der Waals surface area contributed by atoms with Crippen molar-refractivity contribution in [1.82, 2.24) is 14.3 Å². The van der Waals surface area contributed by atoms with Gasteiger partial charge in [0.1, 0.15) is 0 Å². The molecule has 0 spiro atoms. The summed E-state index contributed by atoms with van der Waals surface area (Å²) in [7, 11) is 3.19. The molecule has 0 radical (unpaired) electrons. The number of methoxy groups -OCH3 is 1. The molecule has 4 atom stereocenters. The quantitative estimate of drug-likeness (QED) is 0.573. The van der Waals surface area contributed by atoms with Gasteiger partial charge in [0, 0.05) is 16.0 Å².